The summed E-state index contributed by atoms with van der Waals surface area (Å²) >= 11 is 0. The van der Waals surface area contributed by atoms with Gasteiger partial charge >= 0.3 is 0 Å². The second kappa shape index (κ2) is 6.05. The third-order valence-electron chi connectivity index (χ3n) is 5.90. The maximum absolute atomic E-state index is 12.6. The standard InChI is InChI=1S/C18H29N3O/c1-4-14(2)15-12-19-21(13-15)16-6-10-20(11-7-16)17(22)18(3)8-5-9-18/h12-14,16H,4-11H2,1-3H3/t14-/m0/s1. The Morgan fingerprint density at radius 1 is 1.41 bits per heavy atom. The molecule has 1 saturated carbocycles. The lowest BCUT2D eigenvalue weighted by Crippen LogP contribution is -2.49. The van der Waals surface area contributed by atoms with Crippen LogP contribution in [0, 0.1) is 5.41 Å². The summed E-state index contributed by atoms with van der Waals surface area (Å²) in [6.45, 7) is 8.38. The van der Waals surface area contributed by atoms with Gasteiger partial charge in [-0.05, 0) is 43.6 Å². The lowest BCUT2D eigenvalue weighted by atomic mass is 9.69. The predicted octanol–water partition coefficient (Wildman–Crippen LogP) is 3.75. The van der Waals surface area contributed by atoms with Crippen molar-refractivity contribution in [3.8, 4) is 0 Å². The number of likely N-dealkylation sites (tertiary alicyclic amines) is 1. The van der Waals surface area contributed by atoms with E-state index in [4.69, 9.17) is 0 Å². The van der Waals surface area contributed by atoms with Crippen molar-refractivity contribution in [3.63, 3.8) is 0 Å². The number of amides is 1. The average molecular weight is 303 g/mol. The quantitative estimate of drug-likeness (QED) is 0.849. The summed E-state index contributed by atoms with van der Waals surface area (Å²) in [6.07, 6.45) is 10.8. The van der Waals surface area contributed by atoms with E-state index in [9.17, 15) is 4.79 Å². The number of carbonyl (C=O) groups excluding carboxylic acids is 1. The van der Waals surface area contributed by atoms with Crippen LogP contribution in [0.1, 0.15) is 76.8 Å². The Morgan fingerprint density at radius 3 is 2.64 bits per heavy atom. The SMILES string of the molecule is CC[C@H](C)c1cnn(C2CCN(C(=O)C3(C)CCC3)CC2)c1. The summed E-state index contributed by atoms with van der Waals surface area (Å²) in [5.74, 6) is 0.965. The van der Waals surface area contributed by atoms with Crippen molar-refractivity contribution in [2.24, 2.45) is 5.41 Å². The molecule has 1 amide bonds. The van der Waals surface area contributed by atoms with Crippen molar-refractivity contribution >= 4 is 5.91 Å². The minimum Gasteiger partial charge on any atom is -0.342 e. The number of rotatable bonds is 4. The Hall–Kier alpha value is -1.32. The lowest BCUT2D eigenvalue weighted by Gasteiger charge is -2.43. The molecule has 22 heavy (non-hydrogen) atoms. The van der Waals surface area contributed by atoms with E-state index in [1.165, 1.54) is 12.0 Å². The molecule has 1 atom stereocenters. The van der Waals surface area contributed by atoms with E-state index in [1.54, 1.807) is 0 Å². The highest BCUT2D eigenvalue weighted by Gasteiger charge is 2.42. The second-order valence-corrected chi connectivity index (χ2v) is 7.50. The fraction of sp³-hybridized carbons (Fsp3) is 0.778. The van der Waals surface area contributed by atoms with Crippen molar-refractivity contribution in [2.75, 3.05) is 13.1 Å². The molecule has 0 radical (unpaired) electrons. The number of piperidine rings is 1. The summed E-state index contributed by atoms with van der Waals surface area (Å²) in [4.78, 5) is 14.7. The highest BCUT2D eigenvalue weighted by Crippen LogP contribution is 2.42. The first-order valence-electron chi connectivity index (χ1n) is 8.87. The molecule has 0 N–H and O–H groups in total. The van der Waals surface area contributed by atoms with Gasteiger partial charge in [0, 0.05) is 24.7 Å². The highest BCUT2D eigenvalue weighted by atomic mass is 16.2. The minimum absolute atomic E-state index is 0.0533. The topological polar surface area (TPSA) is 38.1 Å². The molecule has 1 aromatic heterocycles. The number of hydrogen-bond donors (Lipinski definition) is 0. The fourth-order valence-corrected chi connectivity index (χ4v) is 3.68. The molecule has 2 fully saturated rings. The molecule has 0 bridgehead atoms. The first-order valence-corrected chi connectivity index (χ1v) is 8.87. The van der Waals surface area contributed by atoms with E-state index in [1.807, 2.05) is 6.20 Å². The van der Waals surface area contributed by atoms with Crippen LogP contribution in [0.4, 0.5) is 0 Å². The van der Waals surface area contributed by atoms with Crippen LogP contribution < -0.4 is 0 Å². The molecule has 1 aromatic rings. The summed E-state index contributed by atoms with van der Waals surface area (Å²) in [5.41, 5.74) is 1.28. The molecule has 3 rings (SSSR count). The molecule has 122 valence electrons. The van der Waals surface area contributed by atoms with Gasteiger partial charge in [0.25, 0.3) is 0 Å². The molecule has 0 aromatic carbocycles. The number of hydrogen-bond acceptors (Lipinski definition) is 2. The maximum Gasteiger partial charge on any atom is 0.228 e. The third kappa shape index (κ3) is 2.80. The molecule has 4 heteroatoms. The number of nitrogens with zero attached hydrogens (tertiary/aromatic N) is 3. The Morgan fingerprint density at radius 2 is 2.09 bits per heavy atom. The van der Waals surface area contributed by atoms with Crippen molar-refractivity contribution in [2.45, 2.75) is 71.3 Å². The molecule has 2 aliphatic rings. The van der Waals surface area contributed by atoms with E-state index in [0.29, 0.717) is 17.9 Å². The van der Waals surface area contributed by atoms with E-state index in [0.717, 1.165) is 45.2 Å². The van der Waals surface area contributed by atoms with Gasteiger partial charge in [0.15, 0.2) is 0 Å². The fourth-order valence-electron chi connectivity index (χ4n) is 3.68. The number of carbonyl (C=O) groups is 1. The second-order valence-electron chi connectivity index (χ2n) is 7.50. The van der Waals surface area contributed by atoms with Crippen LogP contribution in [0.2, 0.25) is 0 Å². The zero-order valence-electron chi connectivity index (χ0n) is 14.2. The Kier molecular flexibility index (Phi) is 4.28. The van der Waals surface area contributed by atoms with Crippen molar-refractivity contribution in [1.82, 2.24) is 14.7 Å². The van der Waals surface area contributed by atoms with Crippen LogP contribution in [0.15, 0.2) is 12.4 Å². The van der Waals surface area contributed by atoms with Crippen LogP contribution in [0.5, 0.6) is 0 Å². The van der Waals surface area contributed by atoms with Gasteiger partial charge in [-0.25, -0.2) is 0 Å². The molecule has 2 heterocycles. The summed E-state index contributed by atoms with van der Waals surface area (Å²) < 4.78 is 2.13. The molecule has 1 aliphatic heterocycles. The Bertz CT molecular complexity index is 524. The van der Waals surface area contributed by atoms with Gasteiger partial charge in [0.1, 0.15) is 0 Å². The van der Waals surface area contributed by atoms with Gasteiger partial charge in [-0.1, -0.05) is 27.2 Å². The van der Waals surface area contributed by atoms with Crippen LogP contribution in [-0.4, -0.2) is 33.7 Å². The van der Waals surface area contributed by atoms with E-state index in [-0.39, 0.29) is 5.41 Å². The molecule has 0 spiro atoms. The van der Waals surface area contributed by atoms with E-state index >= 15 is 0 Å². The van der Waals surface area contributed by atoms with Crippen LogP contribution in [-0.2, 0) is 4.79 Å². The Balaban J connectivity index is 1.57. The van der Waals surface area contributed by atoms with Crippen molar-refractivity contribution in [1.29, 1.82) is 0 Å². The predicted molar refractivity (Wildman–Crippen MR) is 87.7 cm³/mol. The monoisotopic (exact) mass is 303 g/mol. The molecule has 0 unspecified atom stereocenters. The van der Waals surface area contributed by atoms with Crippen LogP contribution in [0.25, 0.3) is 0 Å². The molecule has 4 nitrogen and oxygen atoms in total. The summed E-state index contributed by atoms with van der Waals surface area (Å²) in [7, 11) is 0. The summed E-state index contributed by atoms with van der Waals surface area (Å²) in [6, 6.07) is 0.455. The lowest BCUT2D eigenvalue weighted by molar-refractivity contribution is -0.147. The molecular formula is C18H29N3O. The van der Waals surface area contributed by atoms with Crippen LogP contribution >= 0.6 is 0 Å². The average Bonchev–Trinajstić information content (AvgIpc) is 3.01. The molecule has 1 saturated heterocycles. The summed E-state index contributed by atoms with van der Waals surface area (Å²) in [5, 5.41) is 4.57. The van der Waals surface area contributed by atoms with Crippen LogP contribution in [0.3, 0.4) is 0 Å². The Labute approximate surface area is 133 Å². The maximum atomic E-state index is 12.6. The largest absolute Gasteiger partial charge is 0.342 e. The van der Waals surface area contributed by atoms with Gasteiger partial charge in [0.05, 0.1) is 12.2 Å². The van der Waals surface area contributed by atoms with Crippen molar-refractivity contribution in [3.05, 3.63) is 18.0 Å². The van der Waals surface area contributed by atoms with E-state index < -0.39 is 0 Å². The van der Waals surface area contributed by atoms with Crippen molar-refractivity contribution < 1.29 is 4.79 Å². The first-order chi connectivity index (χ1) is 10.5. The third-order valence-corrected chi connectivity index (χ3v) is 5.90. The zero-order valence-corrected chi connectivity index (χ0v) is 14.2. The molecular weight excluding hydrogens is 274 g/mol. The van der Waals surface area contributed by atoms with E-state index in [2.05, 4.69) is 41.6 Å². The van der Waals surface area contributed by atoms with Gasteiger partial charge in [0.2, 0.25) is 5.91 Å². The first kappa shape index (κ1) is 15.6. The zero-order chi connectivity index (χ0) is 15.7. The van der Waals surface area contributed by atoms with Gasteiger partial charge in [-0.3, -0.25) is 9.48 Å². The van der Waals surface area contributed by atoms with Gasteiger partial charge in [-0.2, -0.15) is 5.10 Å². The minimum atomic E-state index is -0.0533. The van der Waals surface area contributed by atoms with Gasteiger partial charge < -0.3 is 4.90 Å². The normalized spacial score (nSPS) is 23.1. The highest BCUT2D eigenvalue weighted by molar-refractivity contribution is 5.83. The van der Waals surface area contributed by atoms with Gasteiger partial charge in [-0.15, -0.1) is 0 Å². The smallest absolute Gasteiger partial charge is 0.228 e. The molecule has 1 aliphatic carbocycles. The number of aromatic nitrogens is 2.